The van der Waals surface area contributed by atoms with Crippen molar-refractivity contribution in [2.24, 2.45) is 29.1 Å². The van der Waals surface area contributed by atoms with Crippen molar-refractivity contribution in [2.45, 2.75) is 101 Å². The van der Waals surface area contributed by atoms with Crippen molar-refractivity contribution in [1.82, 2.24) is 14.6 Å². The predicted octanol–water partition coefficient (Wildman–Crippen LogP) is 5.53. The number of carbonyl (C=O) groups is 4. The van der Waals surface area contributed by atoms with Crippen LogP contribution in [0.4, 0.5) is 0 Å². The number of ether oxygens (including phenoxy) is 2. The molecule has 0 unspecified atom stereocenters. The second kappa shape index (κ2) is 14.8. The Kier molecular flexibility index (Phi) is 10.3. The Morgan fingerprint density at radius 3 is 2.63 bits per heavy atom. The number of esters is 1. The van der Waals surface area contributed by atoms with Gasteiger partial charge in [-0.25, -0.2) is 13.4 Å². The molecule has 12 heteroatoms. The number of Topliss-reactive ketones (excluding diaryl/α,β-unsaturated/α-hetero) is 1. The highest BCUT2D eigenvalue weighted by Crippen LogP contribution is 2.57. The molecule has 5 aliphatic rings. The first kappa shape index (κ1) is 36.3. The maximum Gasteiger partial charge on any atom is 0.306 e. The Hall–Kier alpha value is -4.06. The number of aromatic nitrogens is 1. The van der Waals surface area contributed by atoms with Crippen LogP contribution in [0.1, 0.15) is 89.5 Å². The van der Waals surface area contributed by atoms with Crippen LogP contribution in [-0.2, 0) is 33.9 Å². The van der Waals surface area contributed by atoms with Crippen molar-refractivity contribution in [2.75, 3.05) is 13.2 Å². The number of pyridine rings is 1. The number of rotatable bonds is 8. The first-order valence-corrected chi connectivity index (χ1v) is 20.4. The first-order chi connectivity index (χ1) is 25.0. The minimum absolute atomic E-state index is 0.0352. The molecule has 3 heterocycles. The highest BCUT2D eigenvalue weighted by atomic mass is 32.2. The molecule has 11 nitrogen and oxygen atoms in total. The van der Waals surface area contributed by atoms with E-state index in [1.165, 1.54) is 0 Å². The third-order valence-corrected chi connectivity index (χ3v) is 13.6. The summed E-state index contributed by atoms with van der Waals surface area (Å²) >= 11 is 0. The summed E-state index contributed by atoms with van der Waals surface area (Å²) in [7, 11) is -3.83. The second-order valence-corrected chi connectivity index (χ2v) is 17.7. The van der Waals surface area contributed by atoms with E-state index < -0.39 is 50.6 Å². The van der Waals surface area contributed by atoms with Crippen molar-refractivity contribution in [1.29, 1.82) is 0 Å². The summed E-state index contributed by atoms with van der Waals surface area (Å²) in [6.07, 6.45) is 13.2. The van der Waals surface area contributed by atoms with E-state index in [1.807, 2.05) is 37.3 Å². The quantitative estimate of drug-likeness (QED) is 0.274. The lowest BCUT2D eigenvalue weighted by molar-refractivity contribution is -0.153. The van der Waals surface area contributed by atoms with Gasteiger partial charge in [0.15, 0.2) is 5.78 Å². The van der Waals surface area contributed by atoms with E-state index >= 15 is 0 Å². The molecule has 7 rings (SSSR count). The van der Waals surface area contributed by atoms with Gasteiger partial charge in [0.25, 0.3) is 0 Å². The van der Waals surface area contributed by atoms with E-state index in [0.717, 1.165) is 48.4 Å². The van der Waals surface area contributed by atoms with E-state index in [2.05, 4.69) is 22.4 Å². The van der Waals surface area contributed by atoms with Gasteiger partial charge in [0.05, 0.1) is 42.2 Å². The molecule has 3 saturated carbocycles. The van der Waals surface area contributed by atoms with E-state index in [0.29, 0.717) is 31.6 Å². The summed E-state index contributed by atoms with van der Waals surface area (Å²) < 4.78 is 40.0. The van der Waals surface area contributed by atoms with Gasteiger partial charge in [0.1, 0.15) is 6.10 Å². The molecule has 278 valence electrons. The fourth-order valence-electron chi connectivity index (χ4n) is 8.44. The van der Waals surface area contributed by atoms with Crippen LogP contribution in [0.25, 0.3) is 16.8 Å². The summed E-state index contributed by atoms with van der Waals surface area (Å²) in [5.41, 5.74) is -0.304. The molecule has 2 aromatic rings. The number of carbonyl (C=O) groups excluding carboxylic acids is 4. The van der Waals surface area contributed by atoms with Crippen molar-refractivity contribution >= 4 is 50.4 Å². The number of nitrogens with zero attached hydrogens (tertiary/aromatic N) is 2. The molecule has 4 fully saturated rings. The molecule has 1 aromatic carbocycles. The molecule has 1 N–H and O–H groups in total. The number of amides is 2. The number of cyclic esters (lactones) is 1. The second-order valence-electron chi connectivity index (χ2n) is 15.7. The number of allylic oxidation sites excluding steroid dienone is 2. The number of nitrogens with one attached hydrogen (secondary N) is 1. The van der Waals surface area contributed by atoms with Gasteiger partial charge >= 0.3 is 5.97 Å². The fraction of sp³-hybridized carbons (Fsp3) is 0.575. The molecule has 1 aromatic heterocycles. The van der Waals surface area contributed by atoms with E-state index in [9.17, 15) is 27.6 Å². The molecule has 2 amide bonds. The van der Waals surface area contributed by atoms with Gasteiger partial charge < -0.3 is 14.4 Å². The van der Waals surface area contributed by atoms with Gasteiger partial charge in [-0.2, -0.15) is 0 Å². The zero-order valence-electron chi connectivity index (χ0n) is 29.8. The topological polar surface area (TPSA) is 149 Å². The van der Waals surface area contributed by atoms with Gasteiger partial charge in [-0.3, -0.25) is 23.9 Å². The average molecular weight is 732 g/mol. The highest BCUT2D eigenvalue weighted by molar-refractivity contribution is 7.90. The molecule has 4 bridgehead atoms. The Balaban J connectivity index is 1.22. The van der Waals surface area contributed by atoms with E-state index in [1.54, 1.807) is 17.2 Å². The van der Waals surface area contributed by atoms with Crippen LogP contribution in [0, 0.1) is 29.1 Å². The van der Waals surface area contributed by atoms with Crippen molar-refractivity contribution in [3.8, 4) is 5.88 Å². The van der Waals surface area contributed by atoms with Crippen LogP contribution >= 0.6 is 0 Å². The SMILES string of the molecule is C=C[C@H]1C[C@]1(CC(=O)[C@@H]1C[C@@H]2CN1C(=O)[C@H](C1CCCCC1)CC(=O)OC[C@@H](C)C/C=C/c1ccc3ccnc(c3c1)O2)C(=O)NS(=O)(=O)C1CC1. The van der Waals surface area contributed by atoms with E-state index in [-0.39, 0.29) is 61.9 Å². The smallest absolute Gasteiger partial charge is 0.306 e. The van der Waals surface area contributed by atoms with Gasteiger partial charge in [-0.05, 0) is 79.4 Å². The maximum absolute atomic E-state index is 14.8. The summed E-state index contributed by atoms with van der Waals surface area (Å²) in [6.45, 7) is 6.18. The molecule has 6 atom stereocenters. The Morgan fingerprint density at radius 1 is 1.12 bits per heavy atom. The zero-order valence-corrected chi connectivity index (χ0v) is 30.7. The monoisotopic (exact) mass is 731 g/mol. The van der Waals surface area contributed by atoms with Gasteiger partial charge in [0.2, 0.25) is 27.7 Å². The van der Waals surface area contributed by atoms with Crippen molar-refractivity contribution in [3.63, 3.8) is 0 Å². The minimum Gasteiger partial charge on any atom is -0.472 e. The van der Waals surface area contributed by atoms with Crippen LogP contribution in [0.15, 0.2) is 49.2 Å². The third-order valence-electron chi connectivity index (χ3n) is 11.8. The summed E-state index contributed by atoms with van der Waals surface area (Å²) in [6, 6.07) is 6.98. The van der Waals surface area contributed by atoms with Crippen molar-refractivity contribution in [3.05, 3.63) is 54.8 Å². The van der Waals surface area contributed by atoms with Gasteiger partial charge in [0, 0.05) is 24.4 Å². The van der Waals surface area contributed by atoms with Crippen LogP contribution < -0.4 is 9.46 Å². The molecule has 0 spiro atoms. The van der Waals surface area contributed by atoms with Gasteiger partial charge in [-0.15, -0.1) is 6.58 Å². The molecule has 3 aliphatic carbocycles. The maximum atomic E-state index is 14.8. The largest absolute Gasteiger partial charge is 0.472 e. The number of benzene rings is 1. The van der Waals surface area contributed by atoms with Crippen LogP contribution in [0.5, 0.6) is 5.88 Å². The van der Waals surface area contributed by atoms with Crippen LogP contribution in [0.3, 0.4) is 0 Å². The molecule has 52 heavy (non-hydrogen) atoms. The van der Waals surface area contributed by atoms with Crippen LogP contribution in [0.2, 0.25) is 0 Å². The Bertz CT molecular complexity index is 1880. The van der Waals surface area contributed by atoms with Crippen LogP contribution in [-0.4, -0.2) is 72.4 Å². The third kappa shape index (κ3) is 7.68. The predicted molar refractivity (Wildman–Crippen MR) is 195 cm³/mol. The van der Waals surface area contributed by atoms with Gasteiger partial charge in [-0.1, -0.05) is 56.5 Å². The lowest BCUT2D eigenvalue weighted by atomic mass is 9.77. The number of hydrogen-bond acceptors (Lipinski definition) is 9. The molecule has 0 radical (unpaired) electrons. The molecular formula is C40H49N3O8S. The summed E-state index contributed by atoms with van der Waals surface area (Å²) in [5.74, 6) is -2.37. The van der Waals surface area contributed by atoms with E-state index in [4.69, 9.17) is 9.47 Å². The summed E-state index contributed by atoms with van der Waals surface area (Å²) in [4.78, 5) is 62.3. The first-order valence-electron chi connectivity index (χ1n) is 18.9. The number of sulfonamides is 1. The Labute approximate surface area is 305 Å². The van der Waals surface area contributed by atoms with Crippen molar-refractivity contribution < 1.29 is 37.1 Å². The molecule has 1 saturated heterocycles. The molecule has 2 aliphatic heterocycles. The lowest BCUT2D eigenvalue weighted by Crippen LogP contribution is -2.48. The average Bonchev–Trinajstić information content (AvgIpc) is 4.06. The lowest BCUT2D eigenvalue weighted by Gasteiger charge is -2.34. The number of hydrogen-bond donors (Lipinski definition) is 1. The normalized spacial score (nSPS) is 30.9. The number of ketones is 1. The number of fused-ring (bicyclic) bond motifs is 3. The standard InChI is InChI=1S/C40H49N3O8S/c1-3-29-21-40(29,39(47)42-52(48,49)31-14-15-31)22-35(44)34-19-30-23-43(34)38(46)33(27-10-5-4-6-11-27)20-36(45)50-24-25(2)8-7-9-26-12-13-28-16-17-41-37(51-30)32(28)18-26/h3,7,9,12-13,16-18,25,27,29-31,33-34H,1,4-6,8,10-11,14-15,19-24H2,2H3,(H,42,47)/b9-7+/t25-,29-,30+,33-,34-,40+/m0/s1. The Morgan fingerprint density at radius 2 is 1.90 bits per heavy atom. The molecular weight excluding hydrogens is 683 g/mol. The highest BCUT2D eigenvalue weighted by Gasteiger charge is 2.61. The zero-order chi connectivity index (χ0) is 36.6. The summed E-state index contributed by atoms with van der Waals surface area (Å²) in [5, 5.41) is 1.15. The minimum atomic E-state index is -3.83. The fourth-order valence-corrected chi connectivity index (χ4v) is 9.82.